The number of hydrogen-bond donors (Lipinski definition) is 1. The molecule has 1 aliphatic rings. The van der Waals surface area contributed by atoms with E-state index < -0.39 is 0 Å². The fourth-order valence-corrected chi connectivity index (χ4v) is 2.30. The molecule has 1 aromatic rings. The molecule has 0 aromatic heterocycles. The predicted octanol–water partition coefficient (Wildman–Crippen LogP) is 2.50. The second-order valence-corrected chi connectivity index (χ2v) is 4.47. The molecule has 1 N–H and O–H groups in total. The van der Waals surface area contributed by atoms with Crippen LogP contribution in [0.1, 0.15) is 36.0 Å². The lowest BCUT2D eigenvalue weighted by Crippen LogP contribution is -2.41. The van der Waals surface area contributed by atoms with Crippen molar-refractivity contribution < 1.29 is 4.79 Å². The van der Waals surface area contributed by atoms with Crippen molar-refractivity contribution in [2.75, 3.05) is 0 Å². The van der Waals surface area contributed by atoms with Crippen molar-refractivity contribution in [3.8, 4) is 6.07 Å². The van der Waals surface area contributed by atoms with Gasteiger partial charge in [-0.3, -0.25) is 4.79 Å². The van der Waals surface area contributed by atoms with Gasteiger partial charge >= 0.3 is 0 Å². The Kier molecular flexibility index (Phi) is 3.77. The van der Waals surface area contributed by atoms with Crippen LogP contribution >= 0.6 is 0 Å². The highest BCUT2D eigenvalue weighted by Gasteiger charge is 2.26. The molecule has 3 nitrogen and oxygen atoms in total. The fourth-order valence-electron chi connectivity index (χ4n) is 2.30. The van der Waals surface area contributed by atoms with Gasteiger partial charge < -0.3 is 5.32 Å². The molecule has 1 fully saturated rings. The number of amides is 1. The van der Waals surface area contributed by atoms with Crippen LogP contribution in [-0.4, -0.2) is 11.9 Å². The van der Waals surface area contributed by atoms with Crippen LogP contribution in [0.25, 0.3) is 0 Å². The molecular formula is C14H16N2O. The van der Waals surface area contributed by atoms with Crippen LogP contribution < -0.4 is 5.32 Å². The first kappa shape index (κ1) is 11.7. The third-order valence-electron chi connectivity index (χ3n) is 3.28. The summed E-state index contributed by atoms with van der Waals surface area (Å²) in [6.07, 6.45) is 4.00. The SMILES string of the molecule is N#CC1CCCCC1NC(=O)c1ccccc1. The van der Waals surface area contributed by atoms with Gasteiger partial charge in [0.1, 0.15) is 0 Å². The van der Waals surface area contributed by atoms with Crippen LogP contribution in [0.2, 0.25) is 0 Å². The zero-order valence-corrected chi connectivity index (χ0v) is 9.73. The summed E-state index contributed by atoms with van der Waals surface area (Å²) in [5, 5.41) is 12.0. The van der Waals surface area contributed by atoms with E-state index in [2.05, 4.69) is 11.4 Å². The lowest BCUT2D eigenvalue weighted by Gasteiger charge is -2.27. The molecule has 0 radical (unpaired) electrons. The molecular weight excluding hydrogens is 212 g/mol. The van der Waals surface area contributed by atoms with E-state index >= 15 is 0 Å². The first-order chi connectivity index (χ1) is 8.31. The third-order valence-corrected chi connectivity index (χ3v) is 3.28. The van der Waals surface area contributed by atoms with Crippen LogP contribution in [0.4, 0.5) is 0 Å². The molecule has 2 atom stereocenters. The molecule has 1 saturated carbocycles. The largest absolute Gasteiger partial charge is 0.348 e. The van der Waals surface area contributed by atoms with Crippen LogP contribution in [-0.2, 0) is 0 Å². The first-order valence-electron chi connectivity index (χ1n) is 6.07. The summed E-state index contributed by atoms with van der Waals surface area (Å²) >= 11 is 0. The van der Waals surface area contributed by atoms with Crippen molar-refractivity contribution in [1.82, 2.24) is 5.32 Å². The van der Waals surface area contributed by atoms with E-state index in [1.165, 1.54) is 0 Å². The first-order valence-corrected chi connectivity index (χ1v) is 6.07. The number of nitriles is 1. The topological polar surface area (TPSA) is 52.9 Å². The number of nitrogens with zero attached hydrogens (tertiary/aromatic N) is 1. The van der Waals surface area contributed by atoms with Gasteiger partial charge in [0.25, 0.3) is 5.91 Å². The maximum atomic E-state index is 12.0. The van der Waals surface area contributed by atoms with Crippen molar-refractivity contribution in [2.45, 2.75) is 31.7 Å². The normalized spacial score (nSPS) is 23.7. The number of carbonyl (C=O) groups is 1. The Hall–Kier alpha value is -1.82. The maximum absolute atomic E-state index is 12.0. The number of carbonyl (C=O) groups excluding carboxylic acids is 1. The third kappa shape index (κ3) is 2.85. The lowest BCUT2D eigenvalue weighted by molar-refractivity contribution is 0.0917. The average molecular weight is 228 g/mol. The molecule has 3 heteroatoms. The Labute approximate surface area is 101 Å². The van der Waals surface area contributed by atoms with E-state index in [4.69, 9.17) is 5.26 Å². The van der Waals surface area contributed by atoms with Gasteiger partial charge in [-0.1, -0.05) is 31.0 Å². The molecule has 0 aliphatic heterocycles. The van der Waals surface area contributed by atoms with Crippen molar-refractivity contribution >= 4 is 5.91 Å². The van der Waals surface area contributed by atoms with E-state index in [-0.39, 0.29) is 17.9 Å². The Morgan fingerprint density at radius 3 is 2.65 bits per heavy atom. The summed E-state index contributed by atoms with van der Waals surface area (Å²) in [7, 11) is 0. The zero-order valence-electron chi connectivity index (χ0n) is 9.73. The molecule has 1 amide bonds. The minimum absolute atomic E-state index is 0.0152. The number of hydrogen-bond acceptors (Lipinski definition) is 2. The summed E-state index contributed by atoms with van der Waals surface area (Å²) in [6.45, 7) is 0. The molecule has 0 bridgehead atoms. The Morgan fingerprint density at radius 2 is 1.94 bits per heavy atom. The Morgan fingerprint density at radius 1 is 1.24 bits per heavy atom. The van der Waals surface area contributed by atoms with Crippen LogP contribution in [0.15, 0.2) is 30.3 Å². The molecule has 1 aliphatic carbocycles. The standard InChI is InChI=1S/C14H16N2O/c15-10-12-8-4-5-9-13(12)16-14(17)11-6-2-1-3-7-11/h1-3,6-7,12-13H,4-5,8-9H2,(H,16,17). The second kappa shape index (κ2) is 5.49. The lowest BCUT2D eigenvalue weighted by atomic mass is 9.85. The monoisotopic (exact) mass is 228 g/mol. The molecule has 2 rings (SSSR count). The minimum Gasteiger partial charge on any atom is -0.348 e. The van der Waals surface area contributed by atoms with Gasteiger partial charge in [-0.15, -0.1) is 0 Å². The maximum Gasteiger partial charge on any atom is 0.251 e. The summed E-state index contributed by atoms with van der Waals surface area (Å²) in [5.74, 6) is -0.103. The Balaban J connectivity index is 2.01. The molecule has 17 heavy (non-hydrogen) atoms. The van der Waals surface area contributed by atoms with E-state index in [1.807, 2.05) is 18.2 Å². The smallest absolute Gasteiger partial charge is 0.251 e. The van der Waals surface area contributed by atoms with Gasteiger partial charge in [0.15, 0.2) is 0 Å². The van der Waals surface area contributed by atoms with Gasteiger partial charge in [-0.25, -0.2) is 0 Å². The quantitative estimate of drug-likeness (QED) is 0.845. The molecule has 1 aromatic carbocycles. The van der Waals surface area contributed by atoms with Crippen LogP contribution in [0.3, 0.4) is 0 Å². The summed E-state index contributed by atoms with van der Waals surface area (Å²) in [4.78, 5) is 12.0. The van der Waals surface area contributed by atoms with Gasteiger partial charge in [-0.05, 0) is 25.0 Å². The Bertz CT molecular complexity index is 422. The highest BCUT2D eigenvalue weighted by Crippen LogP contribution is 2.23. The second-order valence-electron chi connectivity index (χ2n) is 4.47. The van der Waals surface area contributed by atoms with Crippen molar-refractivity contribution in [3.63, 3.8) is 0 Å². The molecule has 88 valence electrons. The average Bonchev–Trinajstić information content (AvgIpc) is 2.40. The molecule has 0 saturated heterocycles. The number of nitrogens with one attached hydrogen (secondary N) is 1. The predicted molar refractivity (Wildman–Crippen MR) is 65.3 cm³/mol. The van der Waals surface area contributed by atoms with Crippen molar-refractivity contribution in [1.29, 1.82) is 5.26 Å². The van der Waals surface area contributed by atoms with Crippen molar-refractivity contribution in [2.24, 2.45) is 5.92 Å². The summed E-state index contributed by atoms with van der Waals surface area (Å²) < 4.78 is 0. The van der Waals surface area contributed by atoms with Gasteiger partial charge in [-0.2, -0.15) is 5.26 Å². The van der Waals surface area contributed by atoms with Crippen molar-refractivity contribution in [3.05, 3.63) is 35.9 Å². The van der Waals surface area contributed by atoms with Crippen LogP contribution in [0.5, 0.6) is 0 Å². The number of rotatable bonds is 2. The zero-order chi connectivity index (χ0) is 12.1. The summed E-state index contributed by atoms with van der Waals surface area (Å²) in [5.41, 5.74) is 0.662. The van der Waals surface area contributed by atoms with E-state index in [9.17, 15) is 4.79 Å². The molecule has 2 unspecified atom stereocenters. The van der Waals surface area contributed by atoms with Gasteiger partial charge in [0.05, 0.1) is 12.0 Å². The highest BCUT2D eigenvalue weighted by atomic mass is 16.1. The number of benzene rings is 1. The van der Waals surface area contributed by atoms with Gasteiger partial charge in [0.2, 0.25) is 0 Å². The molecule has 0 spiro atoms. The minimum atomic E-state index is -0.0715. The fraction of sp³-hybridized carbons (Fsp3) is 0.429. The van der Waals surface area contributed by atoms with E-state index in [1.54, 1.807) is 12.1 Å². The molecule has 0 heterocycles. The van der Waals surface area contributed by atoms with E-state index in [0.717, 1.165) is 25.7 Å². The summed E-state index contributed by atoms with van der Waals surface area (Å²) in [6, 6.07) is 11.5. The van der Waals surface area contributed by atoms with Crippen LogP contribution in [0, 0.1) is 17.2 Å². The van der Waals surface area contributed by atoms with E-state index in [0.29, 0.717) is 5.56 Å². The highest BCUT2D eigenvalue weighted by molar-refractivity contribution is 5.94. The van der Waals surface area contributed by atoms with Gasteiger partial charge in [0, 0.05) is 11.6 Å².